The van der Waals surface area contributed by atoms with E-state index < -0.39 is 17.7 Å². The topological polar surface area (TPSA) is 92.3 Å². The Morgan fingerprint density at radius 2 is 1.50 bits per heavy atom. The van der Waals surface area contributed by atoms with Crippen molar-refractivity contribution in [2.45, 2.75) is 0 Å². The molecule has 0 heterocycles. The molecule has 1 N–H and O–H groups in total. The van der Waals surface area contributed by atoms with Gasteiger partial charge in [0.05, 0.1) is 19.8 Å². The lowest BCUT2D eigenvalue weighted by Gasteiger charge is -2.12. The molecule has 0 bridgehead atoms. The molecule has 8 nitrogen and oxygen atoms in total. The van der Waals surface area contributed by atoms with Crippen LogP contribution < -0.4 is 24.3 Å². The van der Waals surface area contributed by atoms with E-state index in [0.29, 0.717) is 17.2 Å². The van der Waals surface area contributed by atoms with E-state index in [1.807, 2.05) is 0 Å². The maximum Gasteiger partial charge on any atom is 0.338 e. The Labute approximate surface area is 196 Å². The fourth-order valence-corrected chi connectivity index (χ4v) is 2.84. The summed E-state index contributed by atoms with van der Waals surface area (Å²) in [5.41, 5.74) is 0.695. The second kappa shape index (κ2) is 12.1. The molecular formula is C25H24FNO7. The zero-order valence-corrected chi connectivity index (χ0v) is 18.7. The van der Waals surface area contributed by atoms with Gasteiger partial charge in [-0.05, 0) is 66.7 Å². The van der Waals surface area contributed by atoms with E-state index in [9.17, 15) is 14.0 Å². The summed E-state index contributed by atoms with van der Waals surface area (Å²) >= 11 is 0. The molecule has 1 amide bonds. The molecule has 34 heavy (non-hydrogen) atoms. The van der Waals surface area contributed by atoms with Crippen molar-refractivity contribution < 1.29 is 37.7 Å². The summed E-state index contributed by atoms with van der Waals surface area (Å²) in [7, 11) is 2.99. The van der Waals surface area contributed by atoms with Gasteiger partial charge in [-0.3, -0.25) is 4.79 Å². The van der Waals surface area contributed by atoms with Crippen molar-refractivity contribution in [2.24, 2.45) is 0 Å². The third-order valence-electron chi connectivity index (χ3n) is 4.53. The van der Waals surface area contributed by atoms with Crippen LogP contribution in [0.3, 0.4) is 0 Å². The van der Waals surface area contributed by atoms with E-state index in [4.69, 9.17) is 23.7 Å². The molecule has 0 aliphatic carbocycles. The first-order chi connectivity index (χ1) is 16.5. The van der Waals surface area contributed by atoms with Gasteiger partial charge in [-0.15, -0.1) is 0 Å². The quantitative estimate of drug-likeness (QED) is 0.334. The van der Waals surface area contributed by atoms with Gasteiger partial charge in [0, 0.05) is 5.69 Å². The van der Waals surface area contributed by atoms with Crippen LogP contribution in [0.1, 0.15) is 10.4 Å². The molecule has 3 aromatic carbocycles. The van der Waals surface area contributed by atoms with Crippen molar-refractivity contribution in [1.29, 1.82) is 0 Å². The van der Waals surface area contributed by atoms with Crippen LogP contribution in [0.15, 0.2) is 66.7 Å². The Bertz CT molecular complexity index is 1100. The van der Waals surface area contributed by atoms with Crippen molar-refractivity contribution in [3.8, 4) is 23.0 Å². The minimum atomic E-state index is -0.558. The summed E-state index contributed by atoms with van der Waals surface area (Å²) < 4.78 is 39.5. The van der Waals surface area contributed by atoms with Gasteiger partial charge in [0.1, 0.15) is 30.5 Å². The van der Waals surface area contributed by atoms with E-state index in [0.717, 1.165) is 0 Å². The smallest absolute Gasteiger partial charge is 0.338 e. The van der Waals surface area contributed by atoms with Gasteiger partial charge >= 0.3 is 5.97 Å². The van der Waals surface area contributed by atoms with Crippen molar-refractivity contribution in [3.05, 3.63) is 78.1 Å². The molecule has 0 unspecified atom stereocenters. The van der Waals surface area contributed by atoms with Crippen LogP contribution in [-0.2, 0) is 9.53 Å². The fourth-order valence-electron chi connectivity index (χ4n) is 2.84. The number of nitrogens with one attached hydrogen (secondary N) is 1. The van der Waals surface area contributed by atoms with Gasteiger partial charge < -0.3 is 29.0 Å². The molecule has 0 aliphatic heterocycles. The molecule has 0 saturated carbocycles. The molecule has 0 spiro atoms. The fraction of sp³-hybridized carbons (Fsp3) is 0.200. The maximum atomic E-state index is 13.0. The SMILES string of the molecule is COc1ccc(OCCOC(=O)c2ccc(OCC(=O)Nc3ccc(F)cc3)c(OC)c2)cc1. The van der Waals surface area contributed by atoms with E-state index in [2.05, 4.69) is 5.32 Å². The van der Waals surface area contributed by atoms with E-state index in [-0.39, 0.29) is 36.9 Å². The molecule has 0 aliphatic rings. The van der Waals surface area contributed by atoms with Crippen LogP contribution in [0.2, 0.25) is 0 Å². The monoisotopic (exact) mass is 469 g/mol. The first kappa shape index (κ1) is 24.4. The van der Waals surface area contributed by atoms with E-state index in [1.165, 1.54) is 49.6 Å². The van der Waals surface area contributed by atoms with Gasteiger partial charge in [-0.1, -0.05) is 0 Å². The number of esters is 1. The lowest BCUT2D eigenvalue weighted by Crippen LogP contribution is -2.20. The van der Waals surface area contributed by atoms with Crippen LogP contribution in [0, 0.1) is 5.82 Å². The number of ether oxygens (including phenoxy) is 5. The number of hydrogen-bond acceptors (Lipinski definition) is 7. The summed E-state index contributed by atoms with van der Waals surface area (Å²) in [5, 5.41) is 2.59. The van der Waals surface area contributed by atoms with Gasteiger partial charge in [-0.25, -0.2) is 9.18 Å². The minimum absolute atomic E-state index is 0.0506. The number of carbonyl (C=O) groups excluding carboxylic acids is 2. The molecule has 0 atom stereocenters. The van der Waals surface area contributed by atoms with E-state index in [1.54, 1.807) is 31.4 Å². The van der Waals surface area contributed by atoms with Gasteiger partial charge in [0.2, 0.25) is 0 Å². The van der Waals surface area contributed by atoms with E-state index >= 15 is 0 Å². The highest BCUT2D eigenvalue weighted by Gasteiger charge is 2.14. The lowest BCUT2D eigenvalue weighted by atomic mass is 10.2. The Morgan fingerprint density at radius 3 is 2.18 bits per heavy atom. The summed E-state index contributed by atoms with van der Waals surface area (Å²) in [5.74, 6) is 0.486. The Kier molecular flexibility index (Phi) is 8.67. The molecule has 3 rings (SSSR count). The summed E-state index contributed by atoms with van der Waals surface area (Å²) in [6.07, 6.45) is 0. The normalized spacial score (nSPS) is 10.2. The minimum Gasteiger partial charge on any atom is -0.497 e. The number of benzene rings is 3. The number of halogens is 1. The second-order valence-electron chi connectivity index (χ2n) is 6.87. The molecule has 178 valence electrons. The Hall–Kier alpha value is -4.27. The predicted octanol–water partition coefficient (Wildman–Crippen LogP) is 4.10. The number of carbonyl (C=O) groups is 2. The lowest BCUT2D eigenvalue weighted by molar-refractivity contribution is -0.118. The maximum absolute atomic E-state index is 13.0. The van der Waals surface area contributed by atoms with Crippen molar-refractivity contribution in [2.75, 3.05) is 39.4 Å². The van der Waals surface area contributed by atoms with Crippen LogP contribution in [0.4, 0.5) is 10.1 Å². The van der Waals surface area contributed by atoms with Crippen molar-refractivity contribution >= 4 is 17.6 Å². The first-order valence-corrected chi connectivity index (χ1v) is 10.3. The van der Waals surface area contributed by atoms with Gasteiger partial charge in [0.25, 0.3) is 5.91 Å². The molecule has 3 aromatic rings. The third kappa shape index (κ3) is 7.13. The largest absolute Gasteiger partial charge is 0.497 e. The molecule has 0 radical (unpaired) electrons. The predicted molar refractivity (Wildman–Crippen MR) is 122 cm³/mol. The summed E-state index contributed by atoms with van der Waals surface area (Å²) in [4.78, 5) is 24.4. The molecule has 9 heteroatoms. The van der Waals surface area contributed by atoms with Crippen LogP contribution in [-0.4, -0.2) is 45.9 Å². The molecule has 0 saturated heterocycles. The third-order valence-corrected chi connectivity index (χ3v) is 4.53. The number of amides is 1. The van der Waals surface area contributed by atoms with Gasteiger partial charge in [0.15, 0.2) is 18.1 Å². The van der Waals surface area contributed by atoms with Crippen LogP contribution >= 0.6 is 0 Å². The number of anilines is 1. The first-order valence-electron chi connectivity index (χ1n) is 10.3. The van der Waals surface area contributed by atoms with Crippen molar-refractivity contribution in [1.82, 2.24) is 0 Å². The Morgan fingerprint density at radius 1 is 0.794 bits per heavy atom. The van der Waals surface area contributed by atoms with Crippen molar-refractivity contribution in [3.63, 3.8) is 0 Å². The average Bonchev–Trinajstić information content (AvgIpc) is 2.86. The summed E-state index contributed by atoms with van der Waals surface area (Å²) in [6, 6.07) is 16.9. The number of rotatable bonds is 11. The standard InChI is InChI=1S/C25H24FNO7/c1-30-20-8-10-21(11-9-20)32-13-14-33-25(29)17-3-12-22(23(15-17)31-2)34-16-24(28)27-19-6-4-18(26)5-7-19/h3-12,15H,13-14,16H2,1-2H3,(H,27,28). The zero-order valence-electron chi connectivity index (χ0n) is 18.7. The highest BCUT2D eigenvalue weighted by atomic mass is 19.1. The highest BCUT2D eigenvalue weighted by Crippen LogP contribution is 2.28. The molecule has 0 fully saturated rings. The van der Waals surface area contributed by atoms with Crippen LogP contribution in [0.25, 0.3) is 0 Å². The molecule has 0 aromatic heterocycles. The number of hydrogen-bond donors (Lipinski definition) is 1. The number of methoxy groups -OCH3 is 2. The summed E-state index contributed by atoms with van der Waals surface area (Å²) in [6.45, 7) is -0.0746. The second-order valence-corrected chi connectivity index (χ2v) is 6.87. The average molecular weight is 469 g/mol. The van der Waals surface area contributed by atoms with Crippen LogP contribution in [0.5, 0.6) is 23.0 Å². The zero-order chi connectivity index (χ0) is 24.3. The highest BCUT2D eigenvalue weighted by molar-refractivity contribution is 5.92. The Balaban J connectivity index is 1.47. The van der Waals surface area contributed by atoms with Gasteiger partial charge in [-0.2, -0.15) is 0 Å². The molecular weight excluding hydrogens is 445 g/mol.